The Labute approximate surface area is 190 Å². The van der Waals surface area contributed by atoms with Crippen LogP contribution in [-0.4, -0.2) is 15.5 Å². The number of halogens is 2. The van der Waals surface area contributed by atoms with Crippen LogP contribution in [0.1, 0.15) is 33.4 Å². The average Bonchev–Trinajstić information content (AvgIpc) is 3.23. The van der Waals surface area contributed by atoms with Crippen molar-refractivity contribution < 1.29 is 13.9 Å². The van der Waals surface area contributed by atoms with Gasteiger partial charge in [-0.15, -0.1) is 0 Å². The number of carbonyl (C=O) groups is 1. The van der Waals surface area contributed by atoms with Gasteiger partial charge in [0, 0.05) is 24.5 Å². The van der Waals surface area contributed by atoms with Crippen molar-refractivity contribution >= 4 is 17.5 Å². The van der Waals surface area contributed by atoms with Crippen LogP contribution in [0.3, 0.4) is 0 Å². The standard InChI is InChI=1S/C25H21ClFN3O2/c1-30-15-14-28-24(30)23(18-8-10-19(26)11-9-18)29-25(31)21-4-2-3-5-22(21)32-16-17-6-12-20(27)13-7-17/h2-15,23H,16H2,1H3,(H,29,31)/t23-/m0/s1. The Morgan fingerprint density at radius 3 is 2.50 bits per heavy atom. The predicted octanol–water partition coefficient (Wildman–Crippen LogP) is 5.31. The molecule has 1 N–H and O–H groups in total. The van der Waals surface area contributed by atoms with Crippen molar-refractivity contribution in [1.82, 2.24) is 14.9 Å². The third-order valence-electron chi connectivity index (χ3n) is 5.03. The quantitative estimate of drug-likeness (QED) is 0.416. The highest BCUT2D eigenvalue weighted by atomic mass is 35.5. The second kappa shape index (κ2) is 9.66. The predicted molar refractivity (Wildman–Crippen MR) is 121 cm³/mol. The van der Waals surface area contributed by atoms with E-state index in [0.717, 1.165) is 11.1 Å². The number of hydrogen-bond acceptors (Lipinski definition) is 3. The van der Waals surface area contributed by atoms with E-state index in [0.29, 0.717) is 22.2 Å². The zero-order valence-electron chi connectivity index (χ0n) is 17.3. The number of amides is 1. The zero-order chi connectivity index (χ0) is 22.5. The Morgan fingerprint density at radius 1 is 1.09 bits per heavy atom. The molecule has 32 heavy (non-hydrogen) atoms. The molecular weight excluding hydrogens is 429 g/mol. The molecule has 5 nitrogen and oxygen atoms in total. The molecule has 0 aliphatic rings. The lowest BCUT2D eigenvalue weighted by molar-refractivity contribution is 0.0936. The average molecular weight is 450 g/mol. The second-order valence-corrected chi connectivity index (χ2v) is 7.70. The summed E-state index contributed by atoms with van der Waals surface area (Å²) >= 11 is 6.04. The summed E-state index contributed by atoms with van der Waals surface area (Å²) in [6.45, 7) is 0.213. The summed E-state index contributed by atoms with van der Waals surface area (Å²) in [6, 6.07) is 19.8. The van der Waals surface area contributed by atoms with E-state index in [2.05, 4.69) is 10.3 Å². The van der Waals surface area contributed by atoms with Gasteiger partial charge in [0.15, 0.2) is 0 Å². The first-order valence-electron chi connectivity index (χ1n) is 10.0. The van der Waals surface area contributed by atoms with Gasteiger partial charge in [0.2, 0.25) is 0 Å². The van der Waals surface area contributed by atoms with Crippen LogP contribution in [-0.2, 0) is 13.7 Å². The number of imidazole rings is 1. The lowest BCUT2D eigenvalue weighted by Crippen LogP contribution is -2.31. The van der Waals surface area contributed by atoms with Crippen molar-refractivity contribution in [3.63, 3.8) is 0 Å². The summed E-state index contributed by atoms with van der Waals surface area (Å²) in [7, 11) is 1.87. The van der Waals surface area contributed by atoms with Gasteiger partial charge in [0.1, 0.15) is 30.0 Å². The molecule has 0 fully saturated rings. The van der Waals surface area contributed by atoms with Gasteiger partial charge in [-0.05, 0) is 47.5 Å². The fourth-order valence-corrected chi connectivity index (χ4v) is 3.46. The van der Waals surface area contributed by atoms with E-state index in [4.69, 9.17) is 16.3 Å². The molecule has 1 heterocycles. The van der Waals surface area contributed by atoms with E-state index >= 15 is 0 Å². The Bertz CT molecular complexity index is 1210. The molecule has 4 aromatic rings. The second-order valence-electron chi connectivity index (χ2n) is 7.27. The Morgan fingerprint density at radius 2 is 1.81 bits per heavy atom. The first-order valence-corrected chi connectivity index (χ1v) is 10.4. The van der Waals surface area contributed by atoms with Gasteiger partial charge in [0.05, 0.1) is 5.56 Å². The first-order chi connectivity index (χ1) is 15.5. The van der Waals surface area contributed by atoms with Crippen LogP contribution in [0.5, 0.6) is 5.75 Å². The zero-order valence-corrected chi connectivity index (χ0v) is 18.1. The van der Waals surface area contributed by atoms with Crippen LogP contribution in [0.2, 0.25) is 5.02 Å². The molecule has 1 amide bonds. The number of carbonyl (C=O) groups excluding carboxylic acids is 1. The summed E-state index contributed by atoms with van der Waals surface area (Å²) in [5.74, 6) is 0.508. The summed E-state index contributed by atoms with van der Waals surface area (Å²) in [5.41, 5.74) is 2.04. The molecule has 1 atom stereocenters. The third kappa shape index (κ3) is 4.98. The number of nitrogens with one attached hydrogen (secondary N) is 1. The molecule has 0 saturated carbocycles. The lowest BCUT2D eigenvalue weighted by atomic mass is 10.0. The largest absolute Gasteiger partial charge is 0.488 e. The Kier molecular flexibility index (Phi) is 6.52. The van der Waals surface area contributed by atoms with Crippen molar-refractivity contribution in [3.8, 4) is 5.75 Å². The van der Waals surface area contributed by atoms with Crippen LogP contribution in [0, 0.1) is 5.82 Å². The molecule has 0 aliphatic heterocycles. The molecule has 0 radical (unpaired) electrons. The van der Waals surface area contributed by atoms with E-state index in [1.807, 2.05) is 29.9 Å². The number of benzene rings is 3. The van der Waals surface area contributed by atoms with Crippen LogP contribution >= 0.6 is 11.6 Å². The van der Waals surface area contributed by atoms with Crippen molar-refractivity contribution in [2.45, 2.75) is 12.6 Å². The smallest absolute Gasteiger partial charge is 0.255 e. The maximum atomic E-state index is 13.3. The molecule has 0 unspecified atom stereocenters. The minimum Gasteiger partial charge on any atom is -0.488 e. The number of rotatable bonds is 7. The van der Waals surface area contributed by atoms with Gasteiger partial charge in [0.25, 0.3) is 5.91 Å². The van der Waals surface area contributed by atoms with Gasteiger partial charge in [-0.25, -0.2) is 9.37 Å². The summed E-state index contributed by atoms with van der Waals surface area (Å²) in [6.07, 6.45) is 3.51. The summed E-state index contributed by atoms with van der Waals surface area (Å²) in [4.78, 5) is 17.7. The van der Waals surface area contributed by atoms with Crippen LogP contribution in [0.15, 0.2) is 85.2 Å². The SMILES string of the molecule is Cn1ccnc1[C@@H](NC(=O)c1ccccc1OCc1ccc(F)cc1)c1ccc(Cl)cc1. The first kappa shape index (κ1) is 21.6. The molecule has 4 rings (SSSR count). The molecule has 0 aliphatic carbocycles. The minimum absolute atomic E-state index is 0.213. The number of para-hydroxylation sites is 1. The molecule has 162 valence electrons. The number of aryl methyl sites for hydroxylation is 1. The maximum absolute atomic E-state index is 13.3. The molecule has 1 aromatic heterocycles. The lowest BCUT2D eigenvalue weighted by Gasteiger charge is -2.20. The molecule has 3 aromatic carbocycles. The highest BCUT2D eigenvalue weighted by Crippen LogP contribution is 2.25. The van der Waals surface area contributed by atoms with Crippen LogP contribution in [0.4, 0.5) is 4.39 Å². The summed E-state index contributed by atoms with van der Waals surface area (Å²) < 4.78 is 20.9. The molecule has 0 bridgehead atoms. The number of nitrogens with zero attached hydrogens (tertiary/aromatic N) is 2. The Hall–Kier alpha value is -3.64. The van der Waals surface area contributed by atoms with E-state index in [9.17, 15) is 9.18 Å². The van der Waals surface area contributed by atoms with Gasteiger partial charge in [-0.2, -0.15) is 0 Å². The van der Waals surface area contributed by atoms with E-state index in [-0.39, 0.29) is 18.3 Å². The van der Waals surface area contributed by atoms with Crippen molar-refractivity contribution in [1.29, 1.82) is 0 Å². The van der Waals surface area contributed by atoms with E-state index in [1.165, 1.54) is 12.1 Å². The molecule has 0 spiro atoms. The number of aromatic nitrogens is 2. The van der Waals surface area contributed by atoms with Gasteiger partial charge in [-0.1, -0.05) is 48.0 Å². The van der Waals surface area contributed by atoms with Gasteiger partial charge in [-0.3, -0.25) is 4.79 Å². The van der Waals surface area contributed by atoms with Crippen LogP contribution < -0.4 is 10.1 Å². The fourth-order valence-electron chi connectivity index (χ4n) is 3.34. The van der Waals surface area contributed by atoms with E-state index < -0.39 is 6.04 Å². The number of ether oxygens (including phenoxy) is 1. The van der Waals surface area contributed by atoms with Crippen molar-refractivity contribution in [2.75, 3.05) is 0 Å². The van der Waals surface area contributed by atoms with Crippen molar-refractivity contribution in [2.24, 2.45) is 7.05 Å². The molecule has 0 saturated heterocycles. The van der Waals surface area contributed by atoms with Crippen LogP contribution in [0.25, 0.3) is 0 Å². The highest BCUT2D eigenvalue weighted by molar-refractivity contribution is 6.30. The normalized spacial score (nSPS) is 11.7. The Balaban J connectivity index is 1.58. The maximum Gasteiger partial charge on any atom is 0.255 e. The van der Waals surface area contributed by atoms with E-state index in [1.54, 1.807) is 54.7 Å². The van der Waals surface area contributed by atoms with Crippen molar-refractivity contribution in [3.05, 3.63) is 119 Å². The number of hydrogen-bond donors (Lipinski definition) is 1. The topological polar surface area (TPSA) is 56.2 Å². The van der Waals surface area contributed by atoms with Gasteiger partial charge < -0.3 is 14.6 Å². The molecular formula is C25H21ClFN3O2. The minimum atomic E-state index is -0.482. The fraction of sp³-hybridized carbons (Fsp3) is 0.120. The summed E-state index contributed by atoms with van der Waals surface area (Å²) in [5, 5.41) is 3.67. The molecule has 7 heteroatoms. The third-order valence-corrected chi connectivity index (χ3v) is 5.29. The highest BCUT2D eigenvalue weighted by Gasteiger charge is 2.23. The monoisotopic (exact) mass is 449 g/mol. The van der Waals surface area contributed by atoms with Gasteiger partial charge >= 0.3 is 0 Å².